The van der Waals surface area contributed by atoms with Crippen molar-refractivity contribution in [3.8, 4) is 0 Å². The molecule has 0 aliphatic rings. The summed E-state index contributed by atoms with van der Waals surface area (Å²) < 4.78 is 30.8. The largest absolute Gasteiger partial charge is 0.385 e. The van der Waals surface area contributed by atoms with Crippen LogP contribution in [0.5, 0.6) is 0 Å². The van der Waals surface area contributed by atoms with Crippen molar-refractivity contribution in [1.29, 1.82) is 0 Å². The average molecular weight is 280 g/mol. The van der Waals surface area contributed by atoms with Crippen molar-refractivity contribution in [3.05, 3.63) is 0 Å². The lowest BCUT2D eigenvalue weighted by Crippen LogP contribution is -2.27. The van der Waals surface area contributed by atoms with Crippen LogP contribution >= 0.6 is 0 Å². The number of methoxy groups -OCH3 is 1. The molecule has 0 aromatic rings. The van der Waals surface area contributed by atoms with E-state index in [9.17, 15) is 8.42 Å². The van der Waals surface area contributed by atoms with Gasteiger partial charge in [0, 0.05) is 20.3 Å². The van der Waals surface area contributed by atoms with Crippen LogP contribution in [0.25, 0.3) is 0 Å². The normalized spacial score (nSPS) is 11.9. The topological polar surface area (TPSA) is 67.4 Å². The van der Waals surface area contributed by atoms with E-state index < -0.39 is 10.0 Å². The van der Waals surface area contributed by atoms with Gasteiger partial charge in [-0.3, -0.25) is 0 Å². The molecule has 18 heavy (non-hydrogen) atoms. The third-order valence-electron chi connectivity index (χ3n) is 2.61. The van der Waals surface area contributed by atoms with Gasteiger partial charge in [-0.2, -0.15) is 0 Å². The molecule has 0 amide bonds. The van der Waals surface area contributed by atoms with Gasteiger partial charge in [0.2, 0.25) is 10.0 Å². The van der Waals surface area contributed by atoms with Gasteiger partial charge in [-0.15, -0.1) is 0 Å². The molecule has 0 saturated heterocycles. The summed E-state index contributed by atoms with van der Waals surface area (Å²) in [7, 11) is -1.39. The zero-order valence-corrected chi connectivity index (χ0v) is 12.5. The van der Waals surface area contributed by atoms with E-state index in [-0.39, 0.29) is 5.75 Å². The Hall–Kier alpha value is -0.170. The van der Waals surface area contributed by atoms with Gasteiger partial charge in [-0.1, -0.05) is 6.92 Å². The molecule has 0 rings (SSSR count). The standard InChI is InChI=1S/C12H28N2O3S/c1-3-13-9-6-8-12-18(15,16)14-10-5-4-7-11-17-2/h13-14H,3-12H2,1-2H3. The Morgan fingerprint density at radius 2 is 1.72 bits per heavy atom. The van der Waals surface area contributed by atoms with Crippen molar-refractivity contribution >= 4 is 10.0 Å². The lowest BCUT2D eigenvalue weighted by atomic mass is 10.2. The second-order valence-corrected chi connectivity index (χ2v) is 6.25. The first-order valence-electron chi connectivity index (χ1n) is 6.79. The number of hydrogen-bond acceptors (Lipinski definition) is 4. The third-order valence-corrected chi connectivity index (χ3v) is 4.08. The summed E-state index contributed by atoms with van der Waals surface area (Å²) in [5.74, 6) is 0.233. The second-order valence-electron chi connectivity index (χ2n) is 4.33. The molecule has 0 aromatic heterocycles. The molecule has 0 fully saturated rings. The molecule has 0 bridgehead atoms. The van der Waals surface area contributed by atoms with E-state index in [0.717, 1.165) is 45.4 Å². The van der Waals surface area contributed by atoms with Gasteiger partial charge in [0.25, 0.3) is 0 Å². The maximum atomic E-state index is 11.6. The van der Waals surface area contributed by atoms with Crippen LogP contribution in [-0.4, -0.2) is 47.5 Å². The Bertz CT molecular complexity index is 268. The van der Waals surface area contributed by atoms with Gasteiger partial charge in [0.15, 0.2) is 0 Å². The molecule has 0 saturated carbocycles. The van der Waals surface area contributed by atoms with Crippen molar-refractivity contribution in [1.82, 2.24) is 10.0 Å². The SMILES string of the molecule is CCNCCCCS(=O)(=O)NCCCCCOC. The molecule has 2 N–H and O–H groups in total. The van der Waals surface area contributed by atoms with E-state index in [1.165, 1.54) is 0 Å². The van der Waals surface area contributed by atoms with E-state index in [1.807, 2.05) is 6.92 Å². The Kier molecular flexibility index (Phi) is 11.8. The predicted octanol–water partition coefficient (Wildman–Crippen LogP) is 1.11. The van der Waals surface area contributed by atoms with Crippen molar-refractivity contribution in [3.63, 3.8) is 0 Å². The van der Waals surface area contributed by atoms with Crippen LogP contribution in [0.15, 0.2) is 0 Å². The van der Waals surface area contributed by atoms with Crippen molar-refractivity contribution in [2.75, 3.05) is 39.1 Å². The highest BCUT2D eigenvalue weighted by Gasteiger charge is 2.08. The van der Waals surface area contributed by atoms with Gasteiger partial charge in [0.1, 0.15) is 0 Å². The number of rotatable bonds is 13. The second kappa shape index (κ2) is 11.9. The van der Waals surface area contributed by atoms with E-state index >= 15 is 0 Å². The molecule has 5 nitrogen and oxygen atoms in total. The highest BCUT2D eigenvalue weighted by Crippen LogP contribution is 1.97. The van der Waals surface area contributed by atoms with Crippen LogP contribution in [0, 0.1) is 0 Å². The fourth-order valence-corrected chi connectivity index (χ4v) is 2.75. The summed E-state index contributed by atoms with van der Waals surface area (Å²) in [5, 5.41) is 3.18. The molecule has 0 spiro atoms. The van der Waals surface area contributed by atoms with Gasteiger partial charge in [0.05, 0.1) is 5.75 Å². The summed E-state index contributed by atoms with van der Waals surface area (Å²) in [6.45, 7) is 5.16. The van der Waals surface area contributed by atoms with Gasteiger partial charge < -0.3 is 10.1 Å². The van der Waals surface area contributed by atoms with Crippen molar-refractivity contribution < 1.29 is 13.2 Å². The lowest BCUT2D eigenvalue weighted by Gasteiger charge is -2.06. The van der Waals surface area contributed by atoms with Crippen molar-refractivity contribution in [2.24, 2.45) is 0 Å². The van der Waals surface area contributed by atoms with E-state index in [1.54, 1.807) is 7.11 Å². The first-order valence-corrected chi connectivity index (χ1v) is 8.44. The fourth-order valence-electron chi connectivity index (χ4n) is 1.57. The predicted molar refractivity (Wildman–Crippen MR) is 75.3 cm³/mol. The van der Waals surface area contributed by atoms with Crippen LogP contribution in [0.1, 0.15) is 39.0 Å². The molecule has 0 aromatic carbocycles. The van der Waals surface area contributed by atoms with Crippen LogP contribution in [0.2, 0.25) is 0 Å². The maximum Gasteiger partial charge on any atom is 0.211 e. The first kappa shape index (κ1) is 17.8. The zero-order valence-electron chi connectivity index (χ0n) is 11.7. The maximum absolute atomic E-state index is 11.6. The average Bonchev–Trinajstić information content (AvgIpc) is 2.33. The van der Waals surface area contributed by atoms with Crippen LogP contribution in [-0.2, 0) is 14.8 Å². The zero-order chi connectivity index (χ0) is 13.7. The third kappa shape index (κ3) is 12.3. The number of hydrogen-bond donors (Lipinski definition) is 2. The molecular formula is C12H28N2O3S. The molecule has 0 radical (unpaired) electrons. The van der Waals surface area contributed by atoms with Crippen LogP contribution in [0.4, 0.5) is 0 Å². The molecule has 0 atom stereocenters. The monoisotopic (exact) mass is 280 g/mol. The fraction of sp³-hybridized carbons (Fsp3) is 1.00. The van der Waals surface area contributed by atoms with E-state index in [2.05, 4.69) is 10.0 Å². The number of unbranched alkanes of at least 4 members (excludes halogenated alkanes) is 3. The van der Waals surface area contributed by atoms with Crippen molar-refractivity contribution in [2.45, 2.75) is 39.0 Å². The minimum atomic E-state index is -3.07. The number of nitrogens with one attached hydrogen (secondary N) is 2. The summed E-state index contributed by atoms with van der Waals surface area (Å²) in [5.41, 5.74) is 0. The Labute approximate surface area is 112 Å². The van der Waals surface area contributed by atoms with E-state index in [4.69, 9.17) is 4.74 Å². The minimum absolute atomic E-state index is 0.233. The van der Waals surface area contributed by atoms with Crippen LogP contribution < -0.4 is 10.0 Å². The van der Waals surface area contributed by atoms with Crippen LogP contribution in [0.3, 0.4) is 0 Å². The molecule has 110 valence electrons. The number of sulfonamides is 1. The Balaban J connectivity index is 3.43. The van der Waals surface area contributed by atoms with Gasteiger partial charge >= 0.3 is 0 Å². The quantitative estimate of drug-likeness (QED) is 0.496. The molecule has 0 unspecified atom stereocenters. The van der Waals surface area contributed by atoms with Gasteiger partial charge in [-0.05, 0) is 45.2 Å². The number of ether oxygens (including phenoxy) is 1. The van der Waals surface area contributed by atoms with Gasteiger partial charge in [-0.25, -0.2) is 13.1 Å². The molecule has 0 heterocycles. The summed E-state index contributed by atoms with van der Waals surface area (Å²) in [4.78, 5) is 0. The smallest absolute Gasteiger partial charge is 0.211 e. The highest BCUT2D eigenvalue weighted by atomic mass is 32.2. The Morgan fingerprint density at radius 1 is 1.00 bits per heavy atom. The molecular weight excluding hydrogens is 252 g/mol. The Morgan fingerprint density at radius 3 is 2.39 bits per heavy atom. The first-order chi connectivity index (χ1) is 8.62. The van der Waals surface area contributed by atoms with E-state index in [0.29, 0.717) is 13.0 Å². The summed E-state index contributed by atoms with van der Waals surface area (Å²) >= 11 is 0. The highest BCUT2D eigenvalue weighted by molar-refractivity contribution is 7.89. The molecule has 6 heteroatoms. The molecule has 0 aliphatic heterocycles. The molecule has 0 aliphatic carbocycles. The summed E-state index contributed by atoms with van der Waals surface area (Å²) in [6.07, 6.45) is 4.48. The summed E-state index contributed by atoms with van der Waals surface area (Å²) in [6, 6.07) is 0. The minimum Gasteiger partial charge on any atom is -0.385 e. The lowest BCUT2D eigenvalue weighted by molar-refractivity contribution is 0.192.